The van der Waals surface area contributed by atoms with Gasteiger partial charge < -0.3 is 4.57 Å². The van der Waals surface area contributed by atoms with Crippen molar-refractivity contribution in [2.45, 2.75) is 45.1 Å². The van der Waals surface area contributed by atoms with Gasteiger partial charge in [-0.3, -0.25) is 4.98 Å². The van der Waals surface area contributed by atoms with E-state index in [1.54, 1.807) is 0 Å². The Bertz CT molecular complexity index is 1060. The minimum Gasteiger partial charge on any atom is -0.327 e. The second kappa shape index (κ2) is 7.15. The van der Waals surface area contributed by atoms with E-state index in [0.29, 0.717) is 0 Å². The molecule has 0 unspecified atom stereocenters. The van der Waals surface area contributed by atoms with Crippen LogP contribution in [0.2, 0.25) is 0 Å². The van der Waals surface area contributed by atoms with Crippen molar-refractivity contribution < 1.29 is 0 Å². The summed E-state index contributed by atoms with van der Waals surface area (Å²) >= 11 is 0. The first-order chi connectivity index (χ1) is 13.4. The molecule has 0 bridgehead atoms. The van der Waals surface area contributed by atoms with Crippen LogP contribution >= 0.6 is 0 Å². The third-order valence-electron chi connectivity index (χ3n) is 5.92. The van der Waals surface area contributed by atoms with E-state index in [4.69, 9.17) is 4.98 Å². The van der Waals surface area contributed by atoms with Gasteiger partial charge in [0.05, 0.1) is 16.6 Å². The largest absolute Gasteiger partial charge is 0.327 e. The highest BCUT2D eigenvalue weighted by Crippen LogP contribution is 2.29. The van der Waals surface area contributed by atoms with Gasteiger partial charge in [-0.25, -0.2) is 4.98 Å². The number of hydrogen-bond acceptors (Lipinski definition) is 2. The molecule has 5 rings (SSSR count). The van der Waals surface area contributed by atoms with Gasteiger partial charge in [0.2, 0.25) is 0 Å². The number of pyridine rings is 1. The summed E-state index contributed by atoms with van der Waals surface area (Å²) in [5, 5.41) is 1.17. The van der Waals surface area contributed by atoms with Crippen LogP contribution in [-0.4, -0.2) is 14.5 Å². The normalized spacial score (nSPS) is 15.6. The van der Waals surface area contributed by atoms with Crippen LogP contribution in [0.3, 0.4) is 0 Å². The van der Waals surface area contributed by atoms with Gasteiger partial charge in [-0.15, -0.1) is 0 Å². The highest BCUT2D eigenvalue weighted by atomic mass is 15.1. The van der Waals surface area contributed by atoms with Crippen molar-refractivity contribution >= 4 is 21.9 Å². The van der Waals surface area contributed by atoms with Crippen molar-refractivity contribution in [2.24, 2.45) is 5.92 Å². The maximum Gasteiger partial charge on any atom is 0.114 e. The van der Waals surface area contributed by atoms with E-state index in [1.165, 1.54) is 54.4 Å². The molecule has 0 saturated heterocycles. The lowest BCUT2D eigenvalue weighted by Crippen LogP contribution is -2.16. The molecule has 1 aliphatic rings. The minimum absolute atomic E-state index is 0.769. The third kappa shape index (κ3) is 3.34. The number of nitrogens with zero attached hydrogens (tertiary/aromatic N) is 3. The number of fused-ring (bicyclic) bond motifs is 2. The molecule has 136 valence electrons. The van der Waals surface area contributed by atoms with E-state index in [1.807, 2.05) is 12.3 Å². The Hall–Kier alpha value is -2.68. The zero-order valence-corrected chi connectivity index (χ0v) is 15.6. The minimum atomic E-state index is 0.769. The summed E-state index contributed by atoms with van der Waals surface area (Å²) in [6, 6.07) is 19.2. The average Bonchev–Trinajstić information content (AvgIpc) is 3.04. The van der Waals surface area contributed by atoms with Crippen LogP contribution in [0.1, 0.15) is 43.5 Å². The molecule has 1 aliphatic carbocycles. The third-order valence-corrected chi connectivity index (χ3v) is 5.92. The summed E-state index contributed by atoms with van der Waals surface area (Å²) in [5.41, 5.74) is 4.70. The van der Waals surface area contributed by atoms with Gasteiger partial charge in [0.15, 0.2) is 0 Å². The van der Waals surface area contributed by atoms with E-state index in [0.717, 1.165) is 29.9 Å². The number of rotatable bonds is 4. The van der Waals surface area contributed by atoms with Gasteiger partial charge in [0.1, 0.15) is 5.82 Å². The smallest absolute Gasteiger partial charge is 0.114 e. The Balaban J connectivity index is 1.61. The van der Waals surface area contributed by atoms with Crippen LogP contribution in [0.5, 0.6) is 0 Å². The number of hydrogen-bond donors (Lipinski definition) is 0. The second-order valence-corrected chi connectivity index (χ2v) is 7.84. The molecule has 27 heavy (non-hydrogen) atoms. The highest BCUT2D eigenvalue weighted by Gasteiger charge is 2.19. The van der Waals surface area contributed by atoms with Gasteiger partial charge >= 0.3 is 0 Å². The molecule has 0 amide bonds. The molecule has 0 atom stereocenters. The molecule has 4 aromatic rings. The monoisotopic (exact) mass is 355 g/mol. The zero-order chi connectivity index (χ0) is 18.1. The van der Waals surface area contributed by atoms with Crippen LogP contribution in [0.15, 0.2) is 60.8 Å². The van der Waals surface area contributed by atoms with Crippen molar-refractivity contribution in [3.8, 4) is 0 Å². The maximum atomic E-state index is 5.06. The van der Waals surface area contributed by atoms with Crippen molar-refractivity contribution in [2.75, 3.05) is 0 Å². The van der Waals surface area contributed by atoms with E-state index in [2.05, 4.69) is 58.1 Å². The fourth-order valence-electron chi connectivity index (χ4n) is 4.49. The standard InChI is InChI=1S/C24H25N3/c1-3-8-18(9-4-1)14-24-26-22-15-20-12-7-13-25-21(20)16-23(22)27(24)17-19-10-5-2-6-11-19/h1,3-4,7-9,12-13,15-16,19H,2,5-6,10-11,14,17H2. The first-order valence-electron chi connectivity index (χ1n) is 10.1. The van der Waals surface area contributed by atoms with E-state index in [9.17, 15) is 0 Å². The average molecular weight is 355 g/mol. The predicted molar refractivity (Wildman–Crippen MR) is 111 cm³/mol. The summed E-state index contributed by atoms with van der Waals surface area (Å²) in [6.07, 6.45) is 9.58. The first-order valence-corrected chi connectivity index (χ1v) is 10.1. The maximum absolute atomic E-state index is 5.06. The Morgan fingerprint density at radius 1 is 0.889 bits per heavy atom. The van der Waals surface area contributed by atoms with Gasteiger partial charge in [0.25, 0.3) is 0 Å². The fourth-order valence-corrected chi connectivity index (χ4v) is 4.49. The van der Waals surface area contributed by atoms with Crippen LogP contribution in [0.4, 0.5) is 0 Å². The fraction of sp³-hybridized carbons (Fsp3) is 0.333. The molecule has 1 saturated carbocycles. The van der Waals surface area contributed by atoms with Crippen LogP contribution < -0.4 is 0 Å². The molecule has 3 heteroatoms. The Morgan fingerprint density at radius 2 is 1.74 bits per heavy atom. The Morgan fingerprint density at radius 3 is 2.59 bits per heavy atom. The molecule has 0 aliphatic heterocycles. The Kier molecular flexibility index (Phi) is 4.36. The first kappa shape index (κ1) is 16.5. The van der Waals surface area contributed by atoms with E-state index < -0.39 is 0 Å². The van der Waals surface area contributed by atoms with Crippen molar-refractivity contribution in [1.29, 1.82) is 0 Å². The summed E-state index contributed by atoms with van der Waals surface area (Å²) in [4.78, 5) is 9.63. The molecule has 0 radical (unpaired) electrons. The lowest BCUT2D eigenvalue weighted by Gasteiger charge is -2.23. The number of benzene rings is 2. The van der Waals surface area contributed by atoms with Gasteiger partial charge in [0, 0.05) is 24.5 Å². The summed E-state index contributed by atoms with van der Waals surface area (Å²) in [6.45, 7) is 1.08. The molecule has 0 N–H and O–H groups in total. The van der Waals surface area contributed by atoms with Crippen LogP contribution in [0.25, 0.3) is 21.9 Å². The zero-order valence-electron chi connectivity index (χ0n) is 15.6. The summed E-state index contributed by atoms with van der Waals surface area (Å²) < 4.78 is 2.48. The summed E-state index contributed by atoms with van der Waals surface area (Å²) in [5.74, 6) is 1.95. The number of aromatic nitrogens is 3. The van der Waals surface area contributed by atoms with E-state index >= 15 is 0 Å². The predicted octanol–water partition coefficient (Wildman–Crippen LogP) is 5.76. The Labute approximate surface area is 160 Å². The quantitative estimate of drug-likeness (QED) is 0.466. The molecular formula is C24H25N3. The molecule has 1 fully saturated rings. The molecular weight excluding hydrogens is 330 g/mol. The summed E-state index contributed by atoms with van der Waals surface area (Å²) in [7, 11) is 0. The van der Waals surface area contributed by atoms with Crippen molar-refractivity contribution in [3.63, 3.8) is 0 Å². The van der Waals surface area contributed by atoms with Gasteiger partial charge in [-0.1, -0.05) is 55.7 Å². The molecule has 2 heterocycles. The lowest BCUT2D eigenvalue weighted by molar-refractivity contribution is 0.319. The molecule has 2 aromatic carbocycles. The van der Waals surface area contributed by atoms with Crippen molar-refractivity contribution in [3.05, 3.63) is 72.2 Å². The van der Waals surface area contributed by atoms with Gasteiger partial charge in [-0.05, 0) is 42.5 Å². The SMILES string of the molecule is c1ccc(Cc2nc3cc4cccnc4cc3n2CC2CCCCC2)cc1. The second-order valence-electron chi connectivity index (χ2n) is 7.84. The molecule has 3 nitrogen and oxygen atoms in total. The molecule has 2 aromatic heterocycles. The lowest BCUT2D eigenvalue weighted by atomic mass is 9.89. The van der Waals surface area contributed by atoms with E-state index in [-0.39, 0.29) is 0 Å². The molecule has 0 spiro atoms. The van der Waals surface area contributed by atoms with Crippen LogP contribution in [-0.2, 0) is 13.0 Å². The van der Waals surface area contributed by atoms with Crippen LogP contribution in [0, 0.1) is 5.92 Å². The van der Waals surface area contributed by atoms with Crippen molar-refractivity contribution in [1.82, 2.24) is 14.5 Å². The topological polar surface area (TPSA) is 30.7 Å². The highest BCUT2D eigenvalue weighted by molar-refractivity contribution is 5.93. The number of imidazole rings is 1. The van der Waals surface area contributed by atoms with Gasteiger partial charge in [-0.2, -0.15) is 0 Å².